The number of thiophene rings is 1. The van der Waals surface area contributed by atoms with E-state index in [4.69, 9.17) is 5.11 Å². The van der Waals surface area contributed by atoms with Gasteiger partial charge in [-0.1, -0.05) is 23.9 Å². The largest absolute Gasteiger partial charge is 0.478 e. The number of thioether (sulfide) groups is 1. The second-order valence-corrected chi connectivity index (χ2v) is 6.54. The number of para-hydroxylation sites is 1. The van der Waals surface area contributed by atoms with Crippen LogP contribution in [0.4, 0.5) is 5.69 Å². The summed E-state index contributed by atoms with van der Waals surface area (Å²) in [5.74, 6) is -1.11. The number of rotatable bonds is 3. The van der Waals surface area contributed by atoms with Crippen LogP contribution in [0, 0.1) is 0 Å². The van der Waals surface area contributed by atoms with Crippen molar-refractivity contribution in [1.29, 1.82) is 0 Å². The lowest BCUT2D eigenvalue weighted by atomic mass is 10.2. The number of amides is 1. The van der Waals surface area contributed by atoms with Crippen LogP contribution in [0.1, 0.15) is 10.4 Å². The third kappa shape index (κ3) is 3.29. The number of fused-ring (bicyclic) bond motifs is 1. The monoisotopic (exact) mass is 329 g/mol. The van der Waals surface area contributed by atoms with Gasteiger partial charge in [0.2, 0.25) is 0 Å². The summed E-state index contributed by atoms with van der Waals surface area (Å²) in [5.41, 5.74) is 1.63. The van der Waals surface area contributed by atoms with Gasteiger partial charge in [0.1, 0.15) is 0 Å². The number of aliphatic carboxylic acids is 1. The van der Waals surface area contributed by atoms with Crippen molar-refractivity contribution in [2.24, 2.45) is 0 Å². The highest BCUT2D eigenvalue weighted by molar-refractivity contribution is 8.04. The predicted molar refractivity (Wildman–Crippen MR) is 89.9 cm³/mol. The molecule has 0 spiro atoms. The molecule has 0 fully saturated rings. The Kier molecular flexibility index (Phi) is 4.13. The first-order chi connectivity index (χ1) is 10.6. The summed E-state index contributed by atoms with van der Waals surface area (Å²) >= 11 is 2.90. The molecule has 0 radical (unpaired) electrons. The first kappa shape index (κ1) is 14.6. The molecule has 1 aliphatic heterocycles. The Labute approximate surface area is 135 Å². The lowest BCUT2D eigenvalue weighted by Gasteiger charge is -2.17. The molecule has 3 rings (SSSR count). The summed E-state index contributed by atoms with van der Waals surface area (Å²) < 4.78 is 0. The van der Waals surface area contributed by atoms with E-state index < -0.39 is 5.97 Å². The molecule has 0 atom stereocenters. The molecular weight excluding hydrogens is 318 g/mol. The van der Waals surface area contributed by atoms with Crippen LogP contribution in [0.3, 0.4) is 0 Å². The van der Waals surface area contributed by atoms with Crippen molar-refractivity contribution in [1.82, 2.24) is 0 Å². The summed E-state index contributed by atoms with van der Waals surface area (Å²) in [6.45, 7) is 0. The van der Waals surface area contributed by atoms with Crippen molar-refractivity contribution in [3.05, 3.63) is 57.1 Å². The van der Waals surface area contributed by atoms with Crippen LogP contribution in [0.5, 0.6) is 0 Å². The standard InChI is InChI=1S/C16H11NO3S2/c18-15(19)6-5-10-7-11(21-9-10)8-14-16(20)17-12-3-1-2-4-13(12)22-14/h1-9H,(H,17,20)(H,18,19)/b6-5+,14-8+. The number of hydrogen-bond acceptors (Lipinski definition) is 4. The number of carboxylic acids is 1. The first-order valence-electron chi connectivity index (χ1n) is 6.41. The van der Waals surface area contributed by atoms with E-state index in [0.717, 1.165) is 27.1 Å². The van der Waals surface area contributed by atoms with E-state index in [9.17, 15) is 9.59 Å². The fourth-order valence-corrected chi connectivity index (χ4v) is 3.76. The van der Waals surface area contributed by atoms with Crippen LogP contribution in [-0.4, -0.2) is 17.0 Å². The van der Waals surface area contributed by atoms with Gasteiger partial charge in [0.05, 0.1) is 10.6 Å². The number of carboxylic acid groups (broad SMARTS) is 1. The van der Waals surface area contributed by atoms with Crippen LogP contribution in [0.25, 0.3) is 12.2 Å². The van der Waals surface area contributed by atoms with E-state index in [2.05, 4.69) is 5.32 Å². The van der Waals surface area contributed by atoms with Crippen LogP contribution in [-0.2, 0) is 9.59 Å². The van der Waals surface area contributed by atoms with Gasteiger partial charge in [-0.05, 0) is 41.3 Å². The van der Waals surface area contributed by atoms with Gasteiger partial charge in [-0.2, -0.15) is 0 Å². The molecule has 0 unspecified atom stereocenters. The number of nitrogens with one attached hydrogen (secondary N) is 1. The topological polar surface area (TPSA) is 66.4 Å². The van der Waals surface area contributed by atoms with Crippen LogP contribution < -0.4 is 5.32 Å². The van der Waals surface area contributed by atoms with Gasteiger partial charge in [-0.25, -0.2) is 4.79 Å². The quantitative estimate of drug-likeness (QED) is 0.837. The van der Waals surface area contributed by atoms with Gasteiger partial charge in [0.15, 0.2) is 0 Å². The molecule has 0 bridgehead atoms. The van der Waals surface area contributed by atoms with Crippen molar-refractivity contribution in [2.45, 2.75) is 4.90 Å². The summed E-state index contributed by atoms with van der Waals surface area (Å²) in [6, 6.07) is 9.50. The van der Waals surface area contributed by atoms with Crippen molar-refractivity contribution < 1.29 is 14.7 Å². The molecule has 110 valence electrons. The maximum absolute atomic E-state index is 12.1. The summed E-state index contributed by atoms with van der Waals surface area (Å²) in [4.78, 5) is 25.1. The van der Waals surface area contributed by atoms with E-state index >= 15 is 0 Å². The maximum atomic E-state index is 12.1. The van der Waals surface area contributed by atoms with Crippen molar-refractivity contribution >= 4 is 52.8 Å². The Morgan fingerprint density at radius 1 is 1.27 bits per heavy atom. The number of anilines is 1. The molecule has 6 heteroatoms. The molecule has 2 aromatic rings. The van der Waals surface area contributed by atoms with E-state index in [1.807, 2.05) is 41.8 Å². The van der Waals surface area contributed by atoms with Gasteiger partial charge in [0.25, 0.3) is 5.91 Å². The number of benzene rings is 1. The molecule has 0 aliphatic carbocycles. The minimum atomic E-state index is -0.982. The number of hydrogen-bond donors (Lipinski definition) is 2. The Balaban J connectivity index is 1.84. The average molecular weight is 329 g/mol. The van der Waals surface area contributed by atoms with E-state index in [1.54, 1.807) is 0 Å². The minimum absolute atomic E-state index is 0.125. The van der Waals surface area contributed by atoms with Gasteiger partial charge >= 0.3 is 5.97 Å². The highest BCUT2D eigenvalue weighted by Crippen LogP contribution is 2.39. The minimum Gasteiger partial charge on any atom is -0.478 e. The molecule has 1 aromatic heterocycles. The first-order valence-corrected chi connectivity index (χ1v) is 8.11. The lowest BCUT2D eigenvalue weighted by Crippen LogP contribution is -2.16. The number of carbonyl (C=O) groups is 2. The molecule has 4 nitrogen and oxygen atoms in total. The van der Waals surface area contributed by atoms with E-state index in [0.29, 0.717) is 4.91 Å². The Morgan fingerprint density at radius 2 is 2.09 bits per heavy atom. The summed E-state index contributed by atoms with van der Waals surface area (Å²) in [6.07, 6.45) is 4.44. The maximum Gasteiger partial charge on any atom is 0.328 e. The molecule has 2 N–H and O–H groups in total. The fourth-order valence-electron chi connectivity index (χ4n) is 1.93. The summed E-state index contributed by atoms with van der Waals surface area (Å²) in [5, 5.41) is 13.3. The zero-order valence-corrected chi connectivity index (χ0v) is 12.9. The molecule has 22 heavy (non-hydrogen) atoms. The van der Waals surface area contributed by atoms with Gasteiger partial charge < -0.3 is 10.4 Å². The third-order valence-corrected chi connectivity index (χ3v) is 4.91. The Morgan fingerprint density at radius 3 is 2.91 bits per heavy atom. The highest BCUT2D eigenvalue weighted by Gasteiger charge is 2.20. The van der Waals surface area contributed by atoms with Crippen LogP contribution >= 0.6 is 23.1 Å². The van der Waals surface area contributed by atoms with Crippen LogP contribution in [0.2, 0.25) is 0 Å². The van der Waals surface area contributed by atoms with Gasteiger partial charge in [-0.15, -0.1) is 11.3 Å². The lowest BCUT2D eigenvalue weighted by molar-refractivity contribution is -0.131. The molecule has 1 aliphatic rings. The van der Waals surface area contributed by atoms with Crippen molar-refractivity contribution in [3.63, 3.8) is 0 Å². The van der Waals surface area contributed by atoms with Crippen LogP contribution in [0.15, 0.2) is 51.6 Å². The average Bonchev–Trinajstić information content (AvgIpc) is 2.93. The van der Waals surface area contributed by atoms with Crippen molar-refractivity contribution in [2.75, 3.05) is 5.32 Å². The molecular formula is C16H11NO3S2. The molecule has 1 amide bonds. The molecule has 2 heterocycles. The predicted octanol–water partition coefficient (Wildman–Crippen LogP) is 3.93. The van der Waals surface area contributed by atoms with Gasteiger partial charge in [-0.3, -0.25) is 4.79 Å². The Bertz CT molecular complexity index is 805. The molecule has 0 saturated carbocycles. The smallest absolute Gasteiger partial charge is 0.328 e. The second-order valence-electron chi connectivity index (χ2n) is 4.51. The SMILES string of the molecule is O=C(O)/C=C/c1csc(/C=C2/Sc3ccccc3NC2=O)c1. The molecule has 1 aromatic carbocycles. The zero-order valence-electron chi connectivity index (χ0n) is 11.3. The summed E-state index contributed by atoms with van der Waals surface area (Å²) in [7, 11) is 0. The highest BCUT2D eigenvalue weighted by atomic mass is 32.2. The zero-order chi connectivity index (χ0) is 15.5. The third-order valence-electron chi connectivity index (χ3n) is 2.91. The molecule has 0 saturated heterocycles. The van der Waals surface area contributed by atoms with Gasteiger partial charge in [0, 0.05) is 15.8 Å². The number of carbonyl (C=O) groups excluding carboxylic acids is 1. The fraction of sp³-hybridized carbons (Fsp3) is 0. The normalized spacial score (nSPS) is 15.8. The Hall–Kier alpha value is -2.31. The van der Waals surface area contributed by atoms with E-state index in [1.165, 1.54) is 29.2 Å². The second kappa shape index (κ2) is 6.21. The van der Waals surface area contributed by atoms with E-state index in [-0.39, 0.29) is 5.91 Å². The van der Waals surface area contributed by atoms with Crippen molar-refractivity contribution in [3.8, 4) is 0 Å².